The van der Waals surface area contributed by atoms with E-state index in [1.54, 1.807) is 11.8 Å². The maximum Gasteiger partial charge on any atom is 0.261 e. The average Bonchev–Trinajstić information content (AvgIpc) is 3.25. The van der Waals surface area contributed by atoms with Gasteiger partial charge in [-0.15, -0.1) is 0 Å². The molecule has 1 fully saturated rings. The maximum absolute atomic E-state index is 13.2. The van der Waals surface area contributed by atoms with Crippen molar-refractivity contribution in [3.05, 3.63) is 64.7 Å². The number of amides is 2. The molecule has 5 heteroatoms. The largest absolute Gasteiger partial charge is 0.483 e. The highest BCUT2D eigenvalue weighted by Crippen LogP contribution is 2.20. The number of nitrogens with one attached hydrogen (secondary N) is 1. The van der Waals surface area contributed by atoms with E-state index < -0.39 is 6.04 Å². The summed E-state index contributed by atoms with van der Waals surface area (Å²) in [6.45, 7) is 8.09. The van der Waals surface area contributed by atoms with Gasteiger partial charge < -0.3 is 15.0 Å². The topological polar surface area (TPSA) is 58.6 Å². The Morgan fingerprint density at radius 2 is 1.68 bits per heavy atom. The summed E-state index contributed by atoms with van der Waals surface area (Å²) in [6, 6.07) is 13.6. The van der Waals surface area contributed by atoms with Crippen LogP contribution in [0.1, 0.15) is 54.9 Å². The van der Waals surface area contributed by atoms with Gasteiger partial charge in [0.2, 0.25) is 5.91 Å². The minimum Gasteiger partial charge on any atom is -0.483 e. The van der Waals surface area contributed by atoms with Crippen molar-refractivity contribution < 1.29 is 14.3 Å². The minimum absolute atomic E-state index is 0.0983. The Balaban J connectivity index is 1.72. The van der Waals surface area contributed by atoms with Crippen molar-refractivity contribution in [1.82, 2.24) is 10.2 Å². The van der Waals surface area contributed by atoms with Gasteiger partial charge in [0.1, 0.15) is 11.8 Å². The molecule has 3 rings (SSSR count). The van der Waals surface area contributed by atoms with Crippen molar-refractivity contribution in [1.29, 1.82) is 0 Å². The van der Waals surface area contributed by atoms with Gasteiger partial charge in [-0.1, -0.05) is 60.4 Å². The number of carbonyl (C=O) groups excluding carboxylic acids is 2. The third-order valence-electron chi connectivity index (χ3n) is 6.02. The second-order valence-corrected chi connectivity index (χ2v) is 8.73. The van der Waals surface area contributed by atoms with E-state index in [0.717, 1.165) is 47.9 Å². The van der Waals surface area contributed by atoms with E-state index >= 15 is 0 Å². The van der Waals surface area contributed by atoms with Gasteiger partial charge in [-0.3, -0.25) is 9.59 Å². The third-order valence-corrected chi connectivity index (χ3v) is 6.02. The van der Waals surface area contributed by atoms with Crippen LogP contribution in [0.2, 0.25) is 0 Å². The zero-order valence-electron chi connectivity index (χ0n) is 19.1. The Hall–Kier alpha value is -2.82. The number of hydrogen-bond donors (Lipinski definition) is 1. The molecule has 0 aliphatic heterocycles. The summed E-state index contributed by atoms with van der Waals surface area (Å²) in [4.78, 5) is 27.7. The fraction of sp³-hybridized carbons (Fsp3) is 0.462. The van der Waals surface area contributed by atoms with Gasteiger partial charge in [-0.25, -0.2) is 0 Å². The number of benzene rings is 2. The molecule has 0 heterocycles. The highest BCUT2D eigenvalue weighted by molar-refractivity contribution is 5.88. The van der Waals surface area contributed by atoms with Gasteiger partial charge in [-0.05, 0) is 57.7 Å². The van der Waals surface area contributed by atoms with E-state index in [0.29, 0.717) is 12.3 Å². The smallest absolute Gasteiger partial charge is 0.261 e. The van der Waals surface area contributed by atoms with E-state index in [9.17, 15) is 9.59 Å². The Morgan fingerprint density at radius 1 is 1.03 bits per heavy atom. The predicted molar refractivity (Wildman–Crippen MR) is 123 cm³/mol. The standard InChI is InChI=1S/C26H34N2O3/c1-18-9-12-22(13-10-18)16-28(21(4)26(30)27-23-7-5-6-8-23)25(29)17-31-24-14-11-19(2)15-20(24)3/h9-15,21,23H,5-8,16-17H2,1-4H3,(H,27,30)/t21-/m0/s1. The molecule has 0 radical (unpaired) electrons. The van der Waals surface area contributed by atoms with E-state index in [2.05, 4.69) is 5.32 Å². The highest BCUT2D eigenvalue weighted by Gasteiger charge is 2.28. The summed E-state index contributed by atoms with van der Waals surface area (Å²) < 4.78 is 5.83. The van der Waals surface area contributed by atoms with Crippen molar-refractivity contribution in [2.24, 2.45) is 0 Å². The van der Waals surface area contributed by atoms with Crippen molar-refractivity contribution >= 4 is 11.8 Å². The molecule has 2 amide bonds. The van der Waals surface area contributed by atoms with Gasteiger partial charge in [-0.2, -0.15) is 0 Å². The molecular formula is C26H34N2O3. The van der Waals surface area contributed by atoms with Crippen LogP contribution < -0.4 is 10.1 Å². The minimum atomic E-state index is -0.572. The maximum atomic E-state index is 13.2. The molecule has 0 bridgehead atoms. The van der Waals surface area contributed by atoms with Crippen molar-refractivity contribution in [3.63, 3.8) is 0 Å². The summed E-state index contributed by atoms with van der Waals surface area (Å²) in [5.74, 6) is 0.394. The normalized spacial score (nSPS) is 14.8. The SMILES string of the molecule is Cc1ccc(CN(C(=O)COc2ccc(C)cc2C)[C@@H](C)C(=O)NC2CCCC2)cc1. The first-order valence-corrected chi connectivity index (χ1v) is 11.2. The van der Waals surface area contributed by atoms with Gasteiger partial charge in [0.25, 0.3) is 5.91 Å². The lowest BCUT2D eigenvalue weighted by molar-refractivity contribution is -0.142. The van der Waals surface area contributed by atoms with E-state index in [4.69, 9.17) is 4.74 Å². The lowest BCUT2D eigenvalue weighted by Gasteiger charge is -2.29. The fourth-order valence-corrected chi connectivity index (χ4v) is 4.05. The first-order valence-electron chi connectivity index (χ1n) is 11.2. The van der Waals surface area contributed by atoms with E-state index in [-0.39, 0.29) is 24.5 Å². The number of hydrogen-bond acceptors (Lipinski definition) is 3. The molecule has 5 nitrogen and oxygen atoms in total. The predicted octanol–water partition coefficient (Wildman–Crippen LogP) is 4.47. The molecule has 1 aliphatic rings. The number of rotatable bonds is 8. The van der Waals surface area contributed by atoms with Crippen LogP contribution in [-0.2, 0) is 16.1 Å². The number of aryl methyl sites for hydroxylation is 3. The lowest BCUT2D eigenvalue weighted by Crippen LogP contribution is -2.50. The fourth-order valence-electron chi connectivity index (χ4n) is 4.05. The Labute approximate surface area is 185 Å². The quantitative estimate of drug-likeness (QED) is 0.683. The second kappa shape index (κ2) is 10.5. The molecule has 0 unspecified atom stereocenters. The summed E-state index contributed by atoms with van der Waals surface area (Å²) in [7, 11) is 0. The highest BCUT2D eigenvalue weighted by atomic mass is 16.5. The molecule has 31 heavy (non-hydrogen) atoms. The van der Waals surface area contributed by atoms with Crippen molar-refractivity contribution in [2.75, 3.05) is 6.61 Å². The van der Waals surface area contributed by atoms with Crippen LogP contribution in [-0.4, -0.2) is 35.4 Å². The van der Waals surface area contributed by atoms with Gasteiger partial charge >= 0.3 is 0 Å². The molecule has 1 aliphatic carbocycles. The molecule has 1 saturated carbocycles. The number of ether oxygens (including phenoxy) is 1. The summed E-state index contributed by atoms with van der Waals surface area (Å²) >= 11 is 0. The zero-order chi connectivity index (χ0) is 22.4. The monoisotopic (exact) mass is 422 g/mol. The number of nitrogens with zero attached hydrogens (tertiary/aromatic N) is 1. The van der Waals surface area contributed by atoms with Crippen LogP contribution in [0.4, 0.5) is 0 Å². The first kappa shape index (κ1) is 22.9. The van der Waals surface area contributed by atoms with Crippen LogP contribution in [0, 0.1) is 20.8 Å². The molecule has 0 spiro atoms. The summed E-state index contributed by atoms with van der Waals surface area (Å²) in [5, 5.41) is 3.12. The van der Waals surface area contributed by atoms with Gasteiger partial charge in [0.15, 0.2) is 6.61 Å². The molecule has 166 valence electrons. The summed E-state index contributed by atoms with van der Waals surface area (Å²) in [6.07, 6.45) is 4.32. The first-order chi connectivity index (χ1) is 14.8. The van der Waals surface area contributed by atoms with Crippen molar-refractivity contribution in [2.45, 2.75) is 72.0 Å². The molecular weight excluding hydrogens is 388 g/mol. The third kappa shape index (κ3) is 6.33. The zero-order valence-corrected chi connectivity index (χ0v) is 19.1. The average molecular weight is 423 g/mol. The van der Waals surface area contributed by atoms with Crippen LogP contribution in [0.3, 0.4) is 0 Å². The van der Waals surface area contributed by atoms with Crippen molar-refractivity contribution in [3.8, 4) is 5.75 Å². The molecule has 0 aromatic heterocycles. The Morgan fingerprint density at radius 3 is 2.32 bits per heavy atom. The molecule has 0 saturated heterocycles. The molecule has 2 aromatic rings. The summed E-state index contributed by atoms with van der Waals surface area (Å²) in [5.41, 5.74) is 4.29. The van der Waals surface area contributed by atoms with Gasteiger partial charge in [0, 0.05) is 12.6 Å². The van der Waals surface area contributed by atoms with E-state index in [1.165, 1.54) is 0 Å². The van der Waals surface area contributed by atoms with Crippen LogP contribution in [0.15, 0.2) is 42.5 Å². The Bertz CT molecular complexity index is 901. The number of carbonyl (C=O) groups is 2. The van der Waals surface area contributed by atoms with Crippen LogP contribution >= 0.6 is 0 Å². The van der Waals surface area contributed by atoms with Gasteiger partial charge in [0.05, 0.1) is 0 Å². The Kier molecular flexibility index (Phi) is 7.72. The molecule has 1 N–H and O–H groups in total. The molecule has 1 atom stereocenters. The second-order valence-electron chi connectivity index (χ2n) is 8.73. The molecule has 2 aromatic carbocycles. The van der Waals surface area contributed by atoms with E-state index in [1.807, 2.05) is 63.2 Å². The van der Waals surface area contributed by atoms with Crippen LogP contribution in [0.25, 0.3) is 0 Å². The van der Waals surface area contributed by atoms with Crippen LogP contribution in [0.5, 0.6) is 5.75 Å². The lowest BCUT2D eigenvalue weighted by atomic mass is 10.1.